The molecule has 0 radical (unpaired) electrons. The van der Waals surface area contributed by atoms with Gasteiger partial charge in [-0.3, -0.25) is 0 Å². The van der Waals surface area contributed by atoms with Crippen LogP contribution in [0.15, 0.2) is 0 Å². The second-order valence-electron chi connectivity index (χ2n) is 5.57. The second-order valence-corrected chi connectivity index (χ2v) is 5.57. The maximum Gasteiger partial charge on any atom is 0.231 e. The van der Waals surface area contributed by atoms with Crippen LogP contribution in [-0.2, 0) is 0 Å². The molecule has 0 aromatic carbocycles. The predicted molar refractivity (Wildman–Crippen MR) is 82.1 cm³/mol. The predicted octanol–water partition coefficient (Wildman–Crippen LogP) is 0.442. The average molecular weight is 279 g/mol. The van der Waals surface area contributed by atoms with Crippen LogP contribution in [0.25, 0.3) is 0 Å². The molecule has 1 aromatic heterocycles. The molecule has 0 saturated carbocycles. The molecule has 2 N–H and O–H groups in total. The monoisotopic (exact) mass is 279 g/mol. The minimum Gasteiger partial charge on any atom is -0.368 e. The molecule has 0 spiro atoms. The molecule has 2 rings (SSSR count). The minimum atomic E-state index is 0.302. The molecule has 0 amide bonds. The van der Waals surface area contributed by atoms with Crippen LogP contribution in [0, 0.1) is 0 Å². The Balaban J connectivity index is 2.02. The van der Waals surface area contributed by atoms with Gasteiger partial charge in [0.2, 0.25) is 17.8 Å². The van der Waals surface area contributed by atoms with Crippen molar-refractivity contribution in [3.05, 3.63) is 0 Å². The molecular weight excluding hydrogens is 254 g/mol. The topological polar surface area (TPSA) is 74.4 Å². The molecule has 112 valence electrons. The molecule has 7 heteroatoms. The maximum atomic E-state index is 5.82. The van der Waals surface area contributed by atoms with E-state index in [2.05, 4.69) is 38.8 Å². The van der Waals surface area contributed by atoms with Gasteiger partial charge in [0.1, 0.15) is 0 Å². The van der Waals surface area contributed by atoms with E-state index in [0.29, 0.717) is 17.8 Å². The minimum absolute atomic E-state index is 0.302. The molecule has 1 aliphatic heterocycles. The molecule has 0 atom stereocenters. The highest BCUT2D eigenvalue weighted by atomic mass is 15.3. The summed E-state index contributed by atoms with van der Waals surface area (Å²) in [5.74, 6) is 1.68. The number of nitrogens with zero attached hydrogens (tertiary/aromatic N) is 6. The third kappa shape index (κ3) is 3.93. The Labute approximate surface area is 120 Å². The summed E-state index contributed by atoms with van der Waals surface area (Å²) in [4.78, 5) is 19.4. The van der Waals surface area contributed by atoms with Crippen LogP contribution in [0.2, 0.25) is 0 Å². The van der Waals surface area contributed by atoms with Gasteiger partial charge in [-0.2, -0.15) is 15.0 Å². The van der Waals surface area contributed by atoms with Gasteiger partial charge in [0.05, 0.1) is 0 Å². The number of anilines is 3. The lowest BCUT2D eigenvalue weighted by Gasteiger charge is -2.21. The Morgan fingerprint density at radius 3 is 2.40 bits per heavy atom. The molecule has 7 nitrogen and oxygen atoms in total. The summed E-state index contributed by atoms with van der Waals surface area (Å²) >= 11 is 0. The van der Waals surface area contributed by atoms with Crippen molar-refractivity contribution in [3.63, 3.8) is 0 Å². The van der Waals surface area contributed by atoms with Gasteiger partial charge in [-0.15, -0.1) is 0 Å². The van der Waals surface area contributed by atoms with E-state index >= 15 is 0 Å². The van der Waals surface area contributed by atoms with E-state index in [9.17, 15) is 0 Å². The summed E-state index contributed by atoms with van der Waals surface area (Å²) in [5.41, 5.74) is 5.82. The molecule has 20 heavy (non-hydrogen) atoms. The smallest absolute Gasteiger partial charge is 0.231 e. The first-order valence-electron chi connectivity index (χ1n) is 7.18. The van der Waals surface area contributed by atoms with Crippen molar-refractivity contribution in [2.75, 3.05) is 62.9 Å². The summed E-state index contributed by atoms with van der Waals surface area (Å²) < 4.78 is 0. The fourth-order valence-corrected chi connectivity index (χ4v) is 2.32. The van der Waals surface area contributed by atoms with Gasteiger partial charge in [-0.05, 0) is 39.9 Å². The standard InChI is InChI=1S/C13H25N7/c1-18(2)7-6-8-19(3)12-15-11(14)16-13(17-12)20-9-4-5-10-20/h4-10H2,1-3H3,(H2,14,15,16,17). The summed E-state index contributed by atoms with van der Waals surface area (Å²) in [6.07, 6.45) is 3.45. The van der Waals surface area contributed by atoms with Crippen molar-refractivity contribution in [1.82, 2.24) is 19.9 Å². The van der Waals surface area contributed by atoms with Crippen molar-refractivity contribution in [1.29, 1.82) is 0 Å². The summed E-state index contributed by atoms with van der Waals surface area (Å²) in [6, 6.07) is 0. The van der Waals surface area contributed by atoms with Gasteiger partial charge >= 0.3 is 0 Å². The number of rotatable bonds is 6. The lowest BCUT2D eigenvalue weighted by molar-refractivity contribution is 0.401. The number of aromatic nitrogens is 3. The fourth-order valence-electron chi connectivity index (χ4n) is 2.32. The molecule has 0 unspecified atom stereocenters. The van der Waals surface area contributed by atoms with E-state index in [1.54, 1.807) is 0 Å². The van der Waals surface area contributed by atoms with Gasteiger partial charge in [0.15, 0.2) is 0 Å². The van der Waals surface area contributed by atoms with Crippen LogP contribution in [0.5, 0.6) is 0 Å². The first-order chi connectivity index (χ1) is 9.56. The zero-order chi connectivity index (χ0) is 14.5. The van der Waals surface area contributed by atoms with Crippen LogP contribution in [0.1, 0.15) is 19.3 Å². The summed E-state index contributed by atoms with van der Waals surface area (Å²) in [7, 11) is 6.15. The van der Waals surface area contributed by atoms with Crippen LogP contribution in [0.4, 0.5) is 17.8 Å². The molecule has 2 heterocycles. The van der Waals surface area contributed by atoms with E-state index < -0.39 is 0 Å². The van der Waals surface area contributed by atoms with Crippen molar-refractivity contribution in [2.45, 2.75) is 19.3 Å². The van der Waals surface area contributed by atoms with E-state index in [-0.39, 0.29) is 0 Å². The van der Waals surface area contributed by atoms with E-state index in [1.807, 2.05) is 11.9 Å². The van der Waals surface area contributed by atoms with E-state index in [0.717, 1.165) is 32.6 Å². The third-order valence-corrected chi connectivity index (χ3v) is 3.46. The summed E-state index contributed by atoms with van der Waals surface area (Å²) in [5, 5.41) is 0. The van der Waals surface area contributed by atoms with Crippen molar-refractivity contribution in [2.24, 2.45) is 0 Å². The molecule has 1 fully saturated rings. The highest BCUT2D eigenvalue weighted by molar-refractivity contribution is 5.43. The Kier molecular flexibility index (Phi) is 4.94. The normalized spacial score (nSPS) is 15.1. The van der Waals surface area contributed by atoms with Gasteiger partial charge in [-0.25, -0.2) is 0 Å². The third-order valence-electron chi connectivity index (χ3n) is 3.46. The van der Waals surface area contributed by atoms with Gasteiger partial charge in [-0.1, -0.05) is 0 Å². The van der Waals surface area contributed by atoms with Crippen molar-refractivity contribution >= 4 is 17.8 Å². The van der Waals surface area contributed by atoms with Crippen LogP contribution in [0.3, 0.4) is 0 Å². The number of nitrogen functional groups attached to an aromatic ring is 1. The lowest BCUT2D eigenvalue weighted by atomic mass is 10.4. The number of hydrogen-bond acceptors (Lipinski definition) is 7. The Hall–Kier alpha value is -1.63. The van der Waals surface area contributed by atoms with Crippen LogP contribution in [-0.4, -0.2) is 67.2 Å². The zero-order valence-corrected chi connectivity index (χ0v) is 12.7. The maximum absolute atomic E-state index is 5.82. The van der Waals surface area contributed by atoms with Gasteiger partial charge in [0, 0.05) is 26.7 Å². The fraction of sp³-hybridized carbons (Fsp3) is 0.769. The highest BCUT2D eigenvalue weighted by Gasteiger charge is 2.17. The van der Waals surface area contributed by atoms with Gasteiger partial charge in [0.25, 0.3) is 0 Å². The van der Waals surface area contributed by atoms with Crippen molar-refractivity contribution in [3.8, 4) is 0 Å². The SMILES string of the molecule is CN(C)CCCN(C)c1nc(N)nc(N2CCCC2)n1. The van der Waals surface area contributed by atoms with Crippen molar-refractivity contribution < 1.29 is 0 Å². The Bertz CT molecular complexity index is 429. The Morgan fingerprint density at radius 1 is 1.05 bits per heavy atom. The first-order valence-corrected chi connectivity index (χ1v) is 7.18. The molecule has 0 bridgehead atoms. The molecule has 1 saturated heterocycles. The lowest BCUT2D eigenvalue weighted by Crippen LogP contribution is -2.27. The summed E-state index contributed by atoms with van der Waals surface area (Å²) in [6.45, 7) is 3.96. The zero-order valence-electron chi connectivity index (χ0n) is 12.7. The average Bonchev–Trinajstić information content (AvgIpc) is 2.91. The second kappa shape index (κ2) is 6.69. The highest BCUT2D eigenvalue weighted by Crippen LogP contribution is 2.18. The van der Waals surface area contributed by atoms with Crippen LogP contribution < -0.4 is 15.5 Å². The molecule has 0 aliphatic carbocycles. The molecular formula is C13H25N7. The van der Waals surface area contributed by atoms with Crippen LogP contribution >= 0.6 is 0 Å². The number of hydrogen-bond donors (Lipinski definition) is 1. The quantitative estimate of drug-likeness (QED) is 0.810. The van der Waals surface area contributed by atoms with E-state index in [4.69, 9.17) is 5.73 Å². The number of nitrogens with two attached hydrogens (primary N) is 1. The largest absolute Gasteiger partial charge is 0.368 e. The molecule has 1 aromatic rings. The Morgan fingerprint density at radius 2 is 1.75 bits per heavy atom. The van der Waals surface area contributed by atoms with Gasteiger partial charge < -0.3 is 20.4 Å². The van der Waals surface area contributed by atoms with E-state index in [1.165, 1.54) is 12.8 Å². The molecule has 1 aliphatic rings. The first kappa shape index (κ1) is 14.8.